The zero-order valence-corrected chi connectivity index (χ0v) is 12.1. The van der Waals surface area contributed by atoms with Crippen LogP contribution in [0.4, 0.5) is 4.39 Å². The van der Waals surface area contributed by atoms with Crippen molar-refractivity contribution in [1.29, 1.82) is 0 Å². The molecule has 2 aromatic carbocycles. The van der Waals surface area contributed by atoms with E-state index in [4.69, 9.17) is 5.73 Å². The molecule has 3 rings (SSSR count). The van der Waals surface area contributed by atoms with Crippen LogP contribution in [0.15, 0.2) is 48.5 Å². The molecule has 2 N–H and O–H groups in total. The zero-order chi connectivity index (χ0) is 14.1. The summed E-state index contributed by atoms with van der Waals surface area (Å²) in [5, 5.41) is 1.53. The van der Waals surface area contributed by atoms with Crippen molar-refractivity contribution in [3.8, 4) is 0 Å². The maximum Gasteiger partial charge on any atom is 0.131 e. The van der Waals surface area contributed by atoms with Gasteiger partial charge in [0.15, 0.2) is 0 Å². The maximum atomic E-state index is 13.9. The third kappa shape index (κ3) is 2.23. The summed E-state index contributed by atoms with van der Waals surface area (Å²) in [6.45, 7) is 2.13. The lowest BCUT2D eigenvalue weighted by Gasteiger charge is -2.13. The van der Waals surface area contributed by atoms with Gasteiger partial charge in [-0.05, 0) is 35.6 Å². The second-order valence-corrected chi connectivity index (χ2v) is 6.02. The highest BCUT2D eigenvalue weighted by Crippen LogP contribution is 2.32. The molecule has 1 unspecified atom stereocenters. The summed E-state index contributed by atoms with van der Waals surface area (Å²) in [4.78, 5) is 2.44. The van der Waals surface area contributed by atoms with Crippen LogP contribution < -0.4 is 5.73 Å². The normalized spacial score (nSPS) is 12.8. The first kappa shape index (κ1) is 13.3. The molecule has 20 heavy (non-hydrogen) atoms. The monoisotopic (exact) mass is 285 g/mol. The van der Waals surface area contributed by atoms with Crippen molar-refractivity contribution in [2.45, 2.75) is 19.4 Å². The summed E-state index contributed by atoms with van der Waals surface area (Å²) < 4.78 is 13.9. The quantitative estimate of drug-likeness (QED) is 0.744. The Bertz CT molecular complexity index is 748. The van der Waals surface area contributed by atoms with Crippen LogP contribution in [0.25, 0.3) is 10.8 Å². The molecular formula is C17H16FNS. The lowest BCUT2D eigenvalue weighted by Crippen LogP contribution is -2.10. The Kier molecular flexibility index (Phi) is 3.55. The second kappa shape index (κ2) is 5.35. The fourth-order valence-corrected chi connectivity index (χ4v) is 3.43. The van der Waals surface area contributed by atoms with Gasteiger partial charge in [-0.1, -0.05) is 37.3 Å². The molecule has 3 aromatic rings. The van der Waals surface area contributed by atoms with Gasteiger partial charge in [-0.25, -0.2) is 4.39 Å². The molecule has 1 atom stereocenters. The van der Waals surface area contributed by atoms with Gasteiger partial charge in [0.25, 0.3) is 0 Å². The van der Waals surface area contributed by atoms with Crippen molar-refractivity contribution in [2.24, 2.45) is 5.73 Å². The number of fused-ring (bicyclic) bond motifs is 1. The Morgan fingerprint density at radius 1 is 1.05 bits per heavy atom. The molecule has 1 heterocycles. The SMILES string of the molecule is CCc1ccc(C(N)c2ccc(F)c3ccccc23)s1. The van der Waals surface area contributed by atoms with Gasteiger partial charge in [-0.15, -0.1) is 11.3 Å². The fraction of sp³-hybridized carbons (Fsp3) is 0.176. The van der Waals surface area contributed by atoms with Crippen LogP contribution in [0.5, 0.6) is 0 Å². The lowest BCUT2D eigenvalue weighted by molar-refractivity contribution is 0.639. The standard InChI is InChI=1S/C17H16FNS/c1-2-11-7-10-16(20-11)17(19)14-8-9-15(18)13-6-4-3-5-12(13)14/h3-10,17H,2,19H2,1H3. The Balaban J connectivity index is 2.12. The second-order valence-electron chi connectivity index (χ2n) is 4.82. The molecule has 1 aromatic heterocycles. The van der Waals surface area contributed by atoms with E-state index in [0.29, 0.717) is 5.39 Å². The van der Waals surface area contributed by atoms with Gasteiger partial charge in [0.2, 0.25) is 0 Å². The number of halogens is 1. The van der Waals surface area contributed by atoms with Gasteiger partial charge in [-0.2, -0.15) is 0 Å². The minimum Gasteiger partial charge on any atom is -0.320 e. The number of hydrogen-bond donors (Lipinski definition) is 1. The Morgan fingerprint density at radius 2 is 1.80 bits per heavy atom. The van der Waals surface area contributed by atoms with E-state index < -0.39 is 0 Å². The highest BCUT2D eigenvalue weighted by atomic mass is 32.1. The van der Waals surface area contributed by atoms with Crippen LogP contribution in [-0.2, 0) is 6.42 Å². The molecular weight excluding hydrogens is 269 g/mol. The van der Waals surface area contributed by atoms with Gasteiger partial charge in [0, 0.05) is 15.1 Å². The van der Waals surface area contributed by atoms with Crippen LogP contribution in [0.3, 0.4) is 0 Å². The number of hydrogen-bond acceptors (Lipinski definition) is 2. The molecule has 1 nitrogen and oxygen atoms in total. The number of benzene rings is 2. The minimum atomic E-state index is -0.203. The summed E-state index contributed by atoms with van der Waals surface area (Å²) in [7, 11) is 0. The third-order valence-corrected chi connectivity index (χ3v) is 4.89. The summed E-state index contributed by atoms with van der Waals surface area (Å²) in [5.41, 5.74) is 7.37. The molecule has 0 amide bonds. The van der Waals surface area contributed by atoms with Crippen molar-refractivity contribution >= 4 is 22.1 Å². The van der Waals surface area contributed by atoms with Crippen molar-refractivity contribution < 1.29 is 4.39 Å². The Hall–Kier alpha value is -1.71. The van der Waals surface area contributed by atoms with Crippen molar-refractivity contribution in [3.63, 3.8) is 0 Å². The first-order valence-electron chi connectivity index (χ1n) is 6.72. The van der Waals surface area contributed by atoms with E-state index >= 15 is 0 Å². The van der Waals surface area contributed by atoms with Gasteiger partial charge < -0.3 is 5.73 Å². The van der Waals surface area contributed by atoms with Gasteiger partial charge in [0.1, 0.15) is 5.82 Å². The predicted molar refractivity (Wildman–Crippen MR) is 83.6 cm³/mol. The number of nitrogens with two attached hydrogens (primary N) is 1. The topological polar surface area (TPSA) is 26.0 Å². The van der Waals surface area contributed by atoms with Gasteiger partial charge >= 0.3 is 0 Å². The van der Waals surface area contributed by atoms with E-state index in [2.05, 4.69) is 19.1 Å². The molecule has 0 radical (unpaired) electrons. The van der Waals surface area contributed by atoms with E-state index in [1.807, 2.05) is 18.2 Å². The van der Waals surface area contributed by atoms with Crippen LogP contribution in [0.2, 0.25) is 0 Å². The molecule has 0 saturated carbocycles. The summed E-state index contributed by atoms with van der Waals surface area (Å²) in [5.74, 6) is -0.197. The van der Waals surface area contributed by atoms with Crippen molar-refractivity contribution in [2.75, 3.05) is 0 Å². The highest BCUT2D eigenvalue weighted by molar-refractivity contribution is 7.12. The minimum absolute atomic E-state index is 0.197. The van der Waals surface area contributed by atoms with Crippen LogP contribution >= 0.6 is 11.3 Å². The summed E-state index contributed by atoms with van der Waals surface area (Å²) in [6.07, 6.45) is 1.02. The molecule has 0 spiro atoms. The molecule has 0 saturated heterocycles. The van der Waals surface area contributed by atoms with Gasteiger partial charge in [-0.3, -0.25) is 0 Å². The first-order chi connectivity index (χ1) is 9.70. The summed E-state index contributed by atoms with van der Waals surface area (Å²) in [6, 6.07) is 14.8. The Morgan fingerprint density at radius 3 is 2.50 bits per heavy atom. The fourth-order valence-electron chi connectivity index (χ4n) is 2.46. The van der Waals surface area contributed by atoms with Crippen molar-refractivity contribution in [3.05, 3.63) is 69.7 Å². The van der Waals surface area contributed by atoms with Gasteiger partial charge in [0.05, 0.1) is 6.04 Å². The van der Waals surface area contributed by atoms with E-state index in [-0.39, 0.29) is 11.9 Å². The van der Waals surface area contributed by atoms with E-state index in [0.717, 1.165) is 22.2 Å². The van der Waals surface area contributed by atoms with Crippen LogP contribution in [-0.4, -0.2) is 0 Å². The molecule has 0 bridgehead atoms. The zero-order valence-electron chi connectivity index (χ0n) is 11.3. The third-order valence-electron chi connectivity index (χ3n) is 3.58. The summed E-state index contributed by atoms with van der Waals surface area (Å²) >= 11 is 1.73. The number of rotatable bonds is 3. The number of thiophene rings is 1. The average molecular weight is 285 g/mol. The van der Waals surface area contributed by atoms with Crippen LogP contribution in [0.1, 0.15) is 28.3 Å². The highest BCUT2D eigenvalue weighted by Gasteiger charge is 2.15. The van der Waals surface area contributed by atoms with Crippen molar-refractivity contribution in [1.82, 2.24) is 0 Å². The first-order valence-corrected chi connectivity index (χ1v) is 7.53. The van der Waals surface area contributed by atoms with E-state index in [1.54, 1.807) is 23.5 Å². The average Bonchev–Trinajstić information content (AvgIpc) is 2.96. The molecule has 0 aliphatic heterocycles. The largest absolute Gasteiger partial charge is 0.320 e. The predicted octanol–water partition coefficient (Wildman–Crippen LogP) is 4.65. The molecule has 0 fully saturated rings. The Labute approximate surface area is 121 Å². The smallest absolute Gasteiger partial charge is 0.131 e. The molecule has 102 valence electrons. The molecule has 0 aliphatic rings. The molecule has 0 aliphatic carbocycles. The lowest BCUT2D eigenvalue weighted by atomic mass is 9.98. The van der Waals surface area contributed by atoms with Crippen LogP contribution in [0, 0.1) is 5.82 Å². The van der Waals surface area contributed by atoms with E-state index in [1.165, 1.54) is 10.9 Å². The van der Waals surface area contributed by atoms with E-state index in [9.17, 15) is 4.39 Å². The maximum absolute atomic E-state index is 13.9. The molecule has 3 heteroatoms. The number of aryl methyl sites for hydroxylation is 1.